The number of hydrogen-bond acceptors (Lipinski definition) is 5. The van der Waals surface area contributed by atoms with Crippen molar-refractivity contribution in [2.45, 2.75) is 65.8 Å². The van der Waals surface area contributed by atoms with Crippen LogP contribution in [0.5, 0.6) is 0 Å². The summed E-state index contributed by atoms with van der Waals surface area (Å²) in [7, 11) is 0. The predicted molar refractivity (Wildman–Crippen MR) is 168 cm³/mol. The molecule has 43 heavy (non-hydrogen) atoms. The number of benzene rings is 3. The van der Waals surface area contributed by atoms with Crippen LogP contribution in [0.15, 0.2) is 66.7 Å². The normalized spacial score (nSPS) is 12.7. The first kappa shape index (κ1) is 30.0. The third-order valence-electron chi connectivity index (χ3n) is 8.12. The monoisotopic (exact) mass is 577 g/mol. The Morgan fingerprint density at radius 1 is 1.00 bits per heavy atom. The number of aromatic nitrogens is 2. The topological polar surface area (TPSA) is 81.5 Å². The van der Waals surface area contributed by atoms with E-state index in [1.807, 2.05) is 39.9 Å². The predicted octanol–water partition coefficient (Wildman–Crippen LogP) is 7.19. The van der Waals surface area contributed by atoms with Crippen LogP contribution in [0.25, 0.3) is 16.8 Å². The molecule has 0 aliphatic carbocycles. The molecule has 5 rings (SSSR count). The molecule has 0 saturated heterocycles. The van der Waals surface area contributed by atoms with Gasteiger partial charge in [-0.2, -0.15) is 5.10 Å². The van der Waals surface area contributed by atoms with Crippen molar-refractivity contribution in [1.29, 1.82) is 0 Å². The minimum Gasteiger partial charge on any atom is -0.461 e. The Morgan fingerprint density at radius 3 is 2.42 bits per heavy atom. The van der Waals surface area contributed by atoms with Gasteiger partial charge < -0.3 is 9.64 Å². The van der Waals surface area contributed by atoms with Gasteiger partial charge in [0.15, 0.2) is 5.69 Å². The van der Waals surface area contributed by atoms with Gasteiger partial charge in [-0.1, -0.05) is 75.7 Å². The summed E-state index contributed by atoms with van der Waals surface area (Å²) in [5.41, 5.74) is 7.32. The third kappa shape index (κ3) is 6.17. The van der Waals surface area contributed by atoms with E-state index >= 15 is 0 Å². The maximum atomic E-state index is 14.2. The molecule has 0 atom stereocenters. The Labute approximate surface area is 253 Å². The molecule has 1 aliphatic heterocycles. The summed E-state index contributed by atoms with van der Waals surface area (Å²) >= 11 is 0. The van der Waals surface area contributed by atoms with Crippen LogP contribution in [0.1, 0.15) is 100 Å². The zero-order valence-corrected chi connectivity index (χ0v) is 25.4. The van der Waals surface area contributed by atoms with Crippen molar-refractivity contribution < 1.29 is 19.1 Å². The number of fused-ring (bicyclic) bond motifs is 1. The molecular formula is C36H39N3O4. The van der Waals surface area contributed by atoms with Crippen LogP contribution in [0.3, 0.4) is 0 Å². The molecule has 1 amide bonds. The van der Waals surface area contributed by atoms with Gasteiger partial charge in [-0.05, 0) is 72.6 Å². The molecule has 4 aromatic rings. The van der Waals surface area contributed by atoms with Gasteiger partial charge in [-0.15, -0.1) is 0 Å². The molecule has 7 heteroatoms. The molecule has 0 bridgehead atoms. The number of carbonyl (C=O) groups excluding carboxylic acids is 3. The molecule has 0 saturated carbocycles. The summed E-state index contributed by atoms with van der Waals surface area (Å²) in [5, 5.41) is 4.84. The van der Waals surface area contributed by atoms with Crippen LogP contribution >= 0.6 is 0 Å². The standard InChI is InChI=1S/C36H39N3O4/c1-5-7-12-32-33(34(36(42)43-6-2)37-39(32)29-16-14-26(15-17-29)24(3)4)30-18-13-25(23-40)21-31(30)35(41)38-20-19-27-10-8-9-11-28(27)22-38/h8-11,13-18,21,23-24H,5-7,12,19-20,22H2,1-4H3. The number of rotatable bonds is 10. The van der Waals surface area contributed by atoms with E-state index in [0.29, 0.717) is 47.7 Å². The summed E-state index contributed by atoms with van der Waals surface area (Å²) in [6.45, 7) is 9.42. The van der Waals surface area contributed by atoms with Crippen molar-refractivity contribution in [3.8, 4) is 16.8 Å². The van der Waals surface area contributed by atoms with E-state index in [-0.39, 0.29) is 18.2 Å². The van der Waals surface area contributed by atoms with E-state index in [1.165, 1.54) is 11.1 Å². The zero-order chi connectivity index (χ0) is 30.5. The lowest BCUT2D eigenvalue weighted by Crippen LogP contribution is -2.36. The van der Waals surface area contributed by atoms with Gasteiger partial charge in [-0.25, -0.2) is 9.48 Å². The van der Waals surface area contributed by atoms with Crippen LogP contribution in [-0.4, -0.2) is 46.0 Å². The van der Waals surface area contributed by atoms with Crippen molar-refractivity contribution in [2.75, 3.05) is 13.2 Å². The lowest BCUT2D eigenvalue weighted by Gasteiger charge is -2.29. The van der Waals surface area contributed by atoms with E-state index < -0.39 is 5.97 Å². The lowest BCUT2D eigenvalue weighted by molar-refractivity contribution is 0.0519. The quantitative estimate of drug-likeness (QED) is 0.147. The van der Waals surface area contributed by atoms with Gasteiger partial charge in [-0.3, -0.25) is 9.59 Å². The summed E-state index contributed by atoms with van der Waals surface area (Å²) in [6, 6.07) is 21.5. The molecule has 0 radical (unpaired) electrons. The maximum absolute atomic E-state index is 14.2. The van der Waals surface area contributed by atoms with Crippen LogP contribution in [0.2, 0.25) is 0 Å². The van der Waals surface area contributed by atoms with Crippen LogP contribution in [0.4, 0.5) is 0 Å². The van der Waals surface area contributed by atoms with Gasteiger partial charge in [0, 0.05) is 29.8 Å². The molecule has 7 nitrogen and oxygen atoms in total. The van der Waals surface area contributed by atoms with Crippen LogP contribution in [-0.2, 0) is 24.1 Å². The smallest absolute Gasteiger partial charge is 0.359 e. The molecule has 0 N–H and O–H groups in total. The number of hydrogen-bond donors (Lipinski definition) is 0. The molecule has 222 valence electrons. The second-order valence-corrected chi connectivity index (χ2v) is 11.3. The second-order valence-electron chi connectivity index (χ2n) is 11.3. The van der Waals surface area contributed by atoms with Gasteiger partial charge >= 0.3 is 5.97 Å². The first-order chi connectivity index (χ1) is 20.9. The third-order valence-corrected chi connectivity index (χ3v) is 8.12. The van der Waals surface area contributed by atoms with Gasteiger partial charge in [0.1, 0.15) is 6.29 Å². The van der Waals surface area contributed by atoms with E-state index in [1.54, 1.807) is 25.1 Å². The molecule has 0 fully saturated rings. The Hall–Kier alpha value is -4.52. The van der Waals surface area contributed by atoms with Crippen molar-refractivity contribution in [3.63, 3.8) is 0 Å². The van der Waals surface area contributed by atoms with Crippen LogP contribution in [0, 0.1) is 0 Å². The highest BCUT2D eigenvalue weighted by atomic mass is 16.5. The fourth-order valence-corrected chi connectivity index (χ4v) is 5.74. The van der Waals surface area contributed by atoms with Gasteiger partial charge in [0.2, 0.25) is 0 Å². The molecule has 1 aromatic heterocycles. The second kappa shape index (κ2) is 13.2. The molecular weight excluding hydrogens is 538 g/mol. The Morgan fingerprint density at radius 2 is 1.74 bits per heavy atom. The average Bonchev–Trinajstić information content (AvgIpc) is 3.42. The van der Waals surface area contributed by atoms with E-state index in [2.05, 4.69) is 39.0 Å². The summed E-state index contributed by atoms with van der Waals surface area (Å²) in [4.78, 5) is 41.4. The molecule has 3 aromatic carbocycles. The maximum Gasteiger partial charge on any atom is 0.359 e. The number of unbranched alkanes of at least 4 members (excludes halogenated alkanes) is 1. The number of amides is 1. The van der Waals surface area contributed by atoms with Crippen molar-refractivity contribution in [2.24, 2.45) is 0 Å². The fraction of sp³-hybridized carbons (Fsp3) is 0.333. The number of ether oxygens (including phenoxy) is 1. The number of aldehydes is 1. The Bertz CT molecular complexity index is 1630. The number of nitrogens with zero attached hydrogens (tertiary/aromatic N) is 3. The first-order valence-corrected chi connectivity index (χ1v) is 15.2. The van der Waals surface area contributed by atoms with E-state index in [0.717, 1.165) is 42.5 Å². The summed E-state index contributed by atoms with van der Waals surface area (Å²) in [6.07, 6.45) is 3.95. The van der Waals surface area contributed by atoms with Gasteiger partial charge in [0.05, 0.1) is 18.0 Å². The summed E-state index contributed by atoms with van der Waals surface area (Å²) < 4.78 is 7.30. The number of esters is 1. The van der Waals surface area contributed by atoms with E-state index in [4.69, 9.17) is 9.84 Å². The van der Waals surface area contributed by atoms with Crippen molar-refractivity contribution in [3.05, 3.63) is 106 Å². The zero-order valence-electron chi connectivity index (χ0n) is 25.4. The minimum atomic E-state index is -0.544. The van der Waals surface area contributed by atoms with Crippen molar-refractivity contribution in [1.82, 2.24) is 14.7 Å². The first-order valence-electron chi connectivity index (χ1n) is 15.2. The van der Waals surface area contributed by atoms with Gasteiger partial charge in [0.25, 0.3) is 5.91 Å². The largest absolute Gasteiger partial charge is 0.461 e. The molecule has 1 aliphatic rings. The number of carbonyl (C=O) groups is 3. The molecule has 2 heterocycles. The highest BCUT2D eigenvalue weighted by molar-refractivity contribution is 6.06. The molecule has 0 spiro atoms. The highest BCUT2D eigenvalue weighted by Crippen LogP contribution is 2.36. The Kier molecular flexibility index (Phi) is 9.19. The minimum absolute atomic E-state index is 0.165. The Balaban J connectivity index is 1.70. The van der Waals surface area contributed by atoms with Crippen molar-refractivity contribution >= 4 is 18.2 Å². The SMILES string of the molecule is CCCCc1c(-c2ccc(C=O)cc2C(=O)N2CCc3ccccc3C2)c(C(=O)OCC)nn1-c1ccc(C(C)C)cc1. The highest BCUT2D eigenvalue weighted by Gasteiger charge is 2.31. The fourth-order valence-electron chi connectivity index (χ4n) is 5.74. The molecule has 0 unspecified atom stereocenters. The summed E-state index contributed by atoms with van der Waals surface area (Å²) in [5.74, 6) is -0.348. The van der Waals surface area contributed by atoms with E-state index in [9.17, 15) is 14.4 Å². The lowest BCUT2D eigenvalue weighted by atomic mass is 9.92. The average molecular weight is 578 g/mol. The van der Waals surface area contributed by atoms with Crippen LogP contribution < -0.4 is 0 Å².